The summed E-state index contributed by atoms with van der Waals surface area (Å²) in [6.45, 7) is 0. The second-order valence-electron chi connectivity index (χ2n) is 8.31. The van der Waals surface area contributed by atoms with Crippen molar-refractivity contribution in [2.24, 2.45) is 21.5 Å². The number of nitrogens with two attached hydrogens (primary N) is 2. The second kappa shape index (κ2) is 9.53. The average Bonchev–Trinajstić information content (AvgIpc) is 2.80. The van der Waals surface area contributed by atoms with Gasteiger partial charge in [-0.3, -0.25) is 4.90 Å². The van der Waals surface area contributed by atoms with E-state index >= 15 is 0 Å². The zero-order chi connectivity index (χ0) is 22.7. The van der Waals surface area contributed by atoms with Crippen molar-refractivity contribution in [1.29, 1.82) is 0 Å². The van der Waals surface area contributed by atoms with E-state index in [1.807, 2.05) is 12.1 Å². The third kappa shape index (κ3) is 4.89. The Hall–Kier alpha value is -2.90. The molecular formula is C26H27N5S2. The Morgan fingerprint density at radius 1 is 0.697 bits per heavy atom. The molecule has 5 nitrogen and oxygen atoms in total. The molecule has 1 aliphatic carbocycles. The first-order valence-corrected chi connectivity index (χ1v) is 12.9. The van der Waals surface area contributed by atoms with Gasteiger partial charge in [0.05, 0.1) is 0 Å². The lowest BCUT2D eigenvalue weighted by molar-refractivity contribution is 0.305. The highest BCUT2D eigenvalue weighted by atomic mass is 32.2. The lowest BCUT2D eigenvalue weighted by Crippen LogP contribution is -2.58. The fourth-order valence-corrected chi connectivity index (χ4v) is 6.48. The van der Waals surface area contributed by atoms with E-state index in [9.17, 15) is 0 Å². The van der Waals surface area contributed by atoms with E-state index in [4.69, 9.17) is 16.5 Å². The van der Waals surface area contributed by atoms with Crippen LogP contribution in [0.5, 0.6) is 0 Å². The molecule has 168 valence electrons. The average molecular weight is 474 g/mol. The number of aliphatic imine (C=N–C) groups is 2. The maximum atomic E-state index is 6.51. The quantitative estimate of drug-likeness (QED) is 0.468. The van der Waals surface area contributed by atoms with Crippen molar-refractivity contribution in [2.45, 2.75) is 57.3 Å². The van der Waals surface area contributed by atoms with Crippen molar-refractivity contribution >= 4 is 41.1 Å². The van der Waals surface area contributed by atoms with Crippen LogP contribution in [-0.4, -0.2) is 17.6 Å². The topological polar surface area (TPSA) is 80.0 Å². The van der Waals surface area contributed by atoms with Crippen LogP contribution < -0.4 is 16.4 Å². The first-order valence-electron chi connectivity index (χ1n) is 11.2. The van der Waals surface area contributed by atoms with Gasteiger partial charge in [0.2, 0.25) is 11.9 Å². The Kier molecular flexibility index (Phi) is 6.33. The van der Waals surface area contributed by atoms with Gasteiger partial charge < -0.3 is 11.5 Å². The fourth-order valence-electron chi connectivity index (χ4n) is 4.55. The van der Waals surface area contributed by atoms with E-state index in [2.05, 4.69) is 76.6 Å². The van der Waals surface area contributed by atoms with Crippen molar-refractivity contribution < 1.29 is 0 Å². The van der Waals surface area contributed by atoms with E-state index in [1.165, 1.54) is 16.2 Å². The van der Waals surface area contributed by atoms with Crippen LogP contribution in [0.4, 0.5) is 5.69 Å². The van der Waals surface area contributed by atoms with Gasteiger partial charge in [0.1, 0.15) is 5.66 Å². The zero-order valence-corrected chi connectivity index (χ0v) is 20.0. The molecule has 0 radical (unpaired) electrons. The summed E-state index contributed by atoms with van der Waals surface area (Å²) in [6, 6.07) is 27.5. The summed E-state index contributed by atoms with van der Waals surface area (Å²) in [4.78, 5) is 16.0. The first kappa shape index (κ1) is 21.9. The Morgan fingerprint density at radius 3 is 1.79 bits per heavy atom. The Bertz CT molecular complexity index is 1110. The molecular weight excluding hydrogens is 446 g/mol. The molecule has 3 aromatic carbocycles. The molecule has 5 rings (SSSR count). The fraction of sp³-hybridized carbons (Fsp3) is 0.231. The molecule has 3 aromatic rings. The van der Waals surface area contributed by atoms with Gasteiger partial charge in [-0.15, -0.1) is 0 Å². The van der Waals surface area contributed by atoms with E-state index in [0.717, 1.165) is 41.2 Å². The number of rotatable bonds is 5. The Balaban J connectivity index is 1.58. The molecule has 0 unspecified atom stereocenters. The van der Waals surface area contributed by atoms with Crippen molar-refractivity contribution in [2.75, 3.05) is 4.90 Å². The second-order valence-corrected chi connectivity index (χ2v) is 10.6. The third-order valence-corrected chi connectivity index (χ3v) is 7.89. The minimum absolute atomic E-state index is 0.277. The normalized spacial score (nSPS) is 17.5. The standard InChI is InChI=1S/C26H27N5S2/c27-24-29-25(28)31(26(30-24)14-8-3-9-15-26)19-16-22(32-20-10-4-1-5-11-20)18-23(17-19)33-21-12-6-2-7-13-21/h1-2,4-7,10-13,16-18H,3,8-9,14-15H2,(H4,27,28,29,30). The number of anilines is 1. The number of nitrogens with zero attached hydrogens (tertiary/aromatic N) is 3. The van der Waals surface area contributed by atoms with Gasteiger partial charge in [0.15, 0.2) is 0 Å². The van der Waals surface area contributed by atoms with Crippen molar-refractivity contribution in [1.82, 2.24) is 0 Å². The number of hydrogen-bond acceptors (Lipinski definition) is 7. The van der Waals surface area contributed by atoms with E-state index in [0.29, 0.717) is 5.96 Å². The van der Waals surface area contributed by atoms with Gasteiger partial charge in [0, 0.05) is 25.3 Å². The molecule has 1 aliphatic heterocycles. The van der Waals surface area contributed by atoms with Crippen LogP contribution in [0.15, 0.2) is 108 Å². The first-order chi connectivity index (χ1) is 16.1. The summed E-state index contributed by atoms with van der Waals surface area (Å²) in [5.41, 5.74) is 13.1. The van der Waals surface area contributed by atoms with Gasteiger partial charge in [-0.05, 0) is 68.1 Å². The van der Waals surface area contributed by atoms with Crippen molar-refractivity contribution in [3.63, 3.8) is 0 Å². The maximum absolute atomic E-state index is 6.51. The van der Waals surface area contributed by atoms with Crippen LogP contribution in [0.1, 0.15) is 32.1 Å². The molecule has 33 heavy (non-hydrogen) atoms. The molecule has 1 heterocycles. The zero-order valence-electron chi connectivity index (χ0n) is 18.4. The largest absolute Gasteiger partial charge is 0.369 e. The molecule has 0 amide bonds. The molecule has 1 saturated carbocycles. The predicted molar refractivity (Wildman–Crippen MR) is 139 cm³/mol. The van der Waals surface area contributed by atoms with Gasteiger partial charge in [-0.2, -0.15) is 4.99 Å². The minimum atomic E-state index is -0.459. The Labute approximate surface area is 203 Å². The van der Waals surface area contributed by atoms with Gasteiger partial charge >= 0.3 is 0 Å². The molecule has 4 N–H and O–H groups in total. The molecule has 0 bridgehead atoms. The third-order valence-electron chi connectivity index (χ3n) is 5.93. The monoisotopic (exact) mass is 473 g/mol. The van der Waals surface area contributed by atoms with Crippen molar-refractivity contribution in [3.8, 4) is 0 Å². The highest BCUT2D eigenvalue weighted by molar-refractivity contribution is 8.00. The SMILES string of the molecule is NC1=NC2(CCCCC2)N(c2cc(Sc3ccccc3)cc(Sc3ccccc3)c2)C(N)=N1. The van der Waals surface area contributed by atoms with Crippen LogP contribution in [-0.2, 0) is 0 Å². The molecule has 0 atom stereocenters. The molecule has 1 fully saturated rings. The van der Waals surface area contributed by atoms with Crippen molar-refractivity contribution in [3.05, 3.63) is 78.9 Å². The summed E-state index contributed by atoms with van der Waals surface area (Å²) < 4.78 is 0. The summed E-state index contributed by atoms with van der Waals surface area (Å²) >= 11 is 3.49. The summed E-state index contributed by atoms with van der Waals surface area (Å²) in [5, 5.41) is 0. The van der Waals surface area contributed by atoms with Gasteiger partial charge in [0.25, 0.3) is 0 Å². The predicted octanol–water partition coefficient (Wildman–Crippen LogP) is 6.10. The minimum Gasteiger partial charge on any atom is -0.369 e. The van der Waals surface area contributed by atoms with Gasteiger partial charge in [-0.25, -0.2) is 4.99 Å². The van der Waals surface area contributed by atoms with Crippen LogP contribution in [0.25, 0.3) is 0 Å². The Morgan fingerprint density at radius 2 is 1.24 bits per heavy atom. The maximum Gasteiger partial charge on any atom is 0.220 e. The molecule has 7 heteroatoms. The molecule has 1 spiro atoms. The van der Waals surface area contributed by atoms with Crippen LogP contribution in [0.3, 0.4) is 0 Å². The molecule has 0 aromatic heterocycles. The smallest absolute Gasteiger partial charge is 0.220 e. The van der Waals surface area contributed by atoms with E-state index in [1.54, 1.807) is 23.5 Å². The number of guanidine groups is 2. The number of benzene rings is 3. The lowest BCUT2D eigenvalue weighted by atomic mass is 9.87. The van der Waals surface area contributed by atoms with Crippen LogP contribution in [0, 0.1) is 0 Å². The molecule has 0 saturated heterocycles. The van der Waals surface area contributed by atoms with Gasteiger partial charge in [-0.1, -0.05) is 66.3 Å². The van der Waals surface area contributed by atoms with E-state index in [-0.39, 0.29) is 5.96 Å². The lowest BCUT2D eigenvalue weighted by Gasteiger charge is -2.45. The summed E-state index contributed by atoms with van der Waals surface area (Å²) in [5.74, 6) is 0.696. The summed E-state index contributed by atoms with van der Waals surface area (Å²) in [7, 11) is 0. The summed E-state index contributed by atoms with van der Waals surface area (Å²) in [6.07, 6.45) is 5.25. The highest BCUT2D eigenvalue weighted by Gasteiger charge is 2.42. The van der Waals surface area contributed by atoms with Crippen LogP contribution in [0.2, 0.25) is 0 Å². The van der Waals surface area contributed by atoms with Crippen LogP contribution >= 0.6 is 23.5 Å². The van der Waals surface area contributed by atoms with E-state index < -0.39 is 5.66 Å². The number of hydrogen-bond donors (Lipinski definition) is 2. The highest BCUT2D eigenvalue weighted by Crippen LogP contribution is 2.43. The molecule has 2 aliphatic rings.